The number of phenols is 1. The maximum atomic E-state index is 12.7. The first-order chi connectivity index (χ1) is 14.1. The summed E-state index contributed by atoms with van der Waals surface area (Å²) < 4.78 is 18.0. The molecule has 4 aliphatic rings. The molecule has 4 saturated heterocycles. The standard InChI is InChI=1S/C19H27N3O6Si/c23-16-4-2-15(3-5-16)22-18(24)14-17(19(22)25)20-6-1-13-29-26-10-7-21(8-11-27-29)9-12-28-29/h2-5,17,20,23H,1,6-14H2. The topological polar surface area (TPSA) is 101 Å². The van der Waals surface area contributed by atoms with Gasteiger partial charge >= 0.3 is 8.80 Å². The van der Waals surface area contributed by atoms with E-state index in [0.29, 0.717) is 38.1 Å². The molecular weight excluding hydrogens is 394 g/mol. The molecule has 4 heterocycles. The molecule has 0 saturated carbocycles. The molecule has 10 heteroatoms. The fourth-order valence-corrected chi connectivity index (χ4v) is 6.41. The number of amides is 2. The van der Waals surface area contributed by atoms with Gasteiger partial charge in [0.1, 0.15) is 5.75 Å². The first kappa shape index (κ1) is 20.4. The molecule has 0 aliphatic carbocycles. The van der Waals surface area contributed by atoms with E-state index in [2.05, 4.69) is 10.2 Å². The minimum atomic E-state index is -2.66. The van der Waals surface area contributed by atoms with Crippen LogP contribution in [0, 0.1) is 0 Å². The average molecular weight is 422 g/mol. The zero-order valence-electron chi connectivity index (χ0n) is 16.3. The second-order valence-corrected chi connectivity index (χ2v) is 10.2. The predicted molar refractivity (Wildman–Crippen MR) is 106 cm³/mol. The Balaban J connectivity index is 1.28. The Morgan fingerprint density at radius 2 is 1.66 bits per heavy atom. The molecule has 1 atom stereocenters. The lowest BCUT2D eigenvalue weighted by Crippen LogP contribution is -2.55. The number of carbonyl (C=O) groups is 2. The Labute approximate surface area is 170 Å². The molecule has 2 N–H and O–H groups in total. The molecule has 1 unspecified atom stereocenters. The molecule has 29 heavy (non-hydrogen) atoms. The third-order valence-corrected chi connectivity index (χ3v) is 8.39. The highest BCUT2D eigenvalue weighted by atomic mass is 28.4. The van der Waals surface area contributed by atoms with Crippen LogP contribution in [0.1, 0.15) is 12.8 Å². The zero-order valence-corrected chi connectivity index (χ0v) is 17.3. The van der Waals surface area contributed by atoms with Crippen LogP contribution in [-0.2, 0) is 22.9 Å². The highest BCUT2D eigenvalue weighted by Crippen LogP contribution is 2.25. The number of hydrogen-bond acceptors (Lipinski definition) is 8. The van der Waals surface area contributed by atoms with Gasteiger partial charge < -0.3 is 23.7 Å². The van der Waals surface area contributed by atoms with Gasteiger partial charge in [-0.2, -0.15) is 0 Å². The van der Waals surface area contributed by atoms with Gasteiger partial charge in [-0.1, -0.05) is 0 Å². The molecule has 2 amide bonds. The van der Waals surface area contributed by atoms with Crippen molar-refractivity contribution in [3.63, 3.8) is 0 Å². The molecule has 4 fully saturated rings. The van der Waals surface area contributed by atoms with Crippen LogP contribution < -0.4 is 10.2 Å². The minimum Gasteiger partial charge on any atom is -0.508 e. The summed E-state index contributed by atoms with van der Waals surface area (Å²) in [6.07, 6.45) is 0.870. The average Bonchev–Trinajstić information content (AvgIpc) is 2.93. The van der Waals surface area contributed by atoms with Crippen molar-refractivity contribution in [2.24, 2.45) is 0 Å². The van der Waals surface area contributed by atoms with Gasteiger partial charge in [-0.25, -0.2) is 4.90 Å². The largest absolute Gasteiger partial charge is 0.508 e. The van der Waals surface area contributed by atoms with Crippen LogP contribution in [0.2, 0.25) is 6.04 Å². The van der Waals surface area contributed by atoms with E-state index in [-0.39, 0.29) is 24.0 Å². The molecule has 1 aromatic carbocycles. The van der Waals surface area contributed by atoms with Gasteiger partial charge in [0, 0.05) is 25.7 Å². The molecule has 1 aromatic rings. The van der Waals surface area contributed by atoms with Gasteiger partial charge in [0.15, 0.2) is 0 Å². The number of imide groups is 1. The van der Waals surface area contributed by atoms with E-state index >= 15 is 0 Å². The Morgan fingerprint density at radius 3 is 2.28 bits per heavy atom. The highest BCUT2D eigenvalue weighted by Gasteiger charge is 2.44. The highest BCUT2D eigenvalue weighted by molar-refractivity contribution is 6.60. The van der Waals surface area contributed by atoms with Crippen LogP contribution in [-0.4, -0.2) is 82.7 Å². The number of rotatable bonds is 6. The Kier molecular flexibility index (Phi) is 6.28. The van der Waals surface area contributed by atoms with Crippen molar-refractivity contribution in [3.8, 4) is 5.75 Å². The predicted octanol–water partition coefficient (Wildman–Crippen LogP) is 0.322. The lowest BCUT2D eigenvalue weighted by Gasteiger charge is -2.38. The minimum absolute atomic E-state index is 0.0915. The number of aromatic hydroxyl groups is 1. The molecule has 4 aliphatic heterocycles. The zero-order chi connectivity index (χ0) is 20.3. The lowest BCUT2D eigenvalue weighted by atomic mass is 10.2. The van der Waals surface area contributed by atoms with E-state index in [1.807, 2.05) is 0 Å². The van der Waals surface area contributed by atoms with E-state index in [1.54, 1.807) is 12.1 Å². The number of nitrogens with one attached hydrogen (secondary N) is 1. The quantitative estimate of drug-likeness (QED) is 0.385. The second-order valence-electron chi connectivity index (χ2n) is 7.47. The van der Waals surface area contributed by atoms with Crippen molar-refractivity contribution in [1.82, 2.24) is 10.2 Å². The van der Waals surface area contributed by atoms with Crippen molar-refractivity contribution in [1.29, 1.82) is 0 Å². The van der Waals surface area contributed by atoms with Gasteiger partial charge in [0.2, 0.25) is 5.91 Å². The fraction of sp³-hybridized carbons (Fsp3) is 0.579. The molecule has 2 bridgehead atoms. The van der Waals surface area contributed by atoms with Crippen molar-refractivity contribution in [2.75, 3.05) is 50.9 Å². The number of benzene rings is 1. The number of anilines is 1. The van der Waals surface area contributed by atoms with E-state index in [0.717, 1.165) is 26.1 Å². The molecule has 9 nitrogen and oxygen atoms in total. The summed E-state index contributed by atoms with van der Waals surface area (Å²) in [5.41, 5.74) is 0.474. The van der Waals surface area contributed by atoms with Crippen LogP contribution in [0.5, 0.6) is 5.75 Å². The van der Waals surface area contributed by atoms with Crippen molar-refractivity contribution in [2.45, 2.75) is 24.9 Å². The van der Waals surface area contributed by atoms with Crippen LogP contribution in [0.25, 0.3) is 0 Å². The first-order valence-electron chi connectivity index (χ1n) is 10.1. The van der Waals surface area contributed by atoms with Crippen molar-refractivity contribution < 1.29 is 28.0 Å². The molecule has 0 radical (unpaired) electrons. The number of nitrogens with zero attached hydrogens (tertiary/aromatic N) is 2. The van der Waals surface area contributed by atoms with Crippen LogP contribution in [0.15, 0.2) is 24.3 Å². The SMILES string of the molecule is O=C1CC(NCCC[Si]23OCCN(CCO2)CCO3)C(=O)N1c1ccc(O)cc1. The van der Waals surface area contributed by atoms with Gasteiger partial charge in [-0.15, -0.1) is 0 Å². The summed E-state index contributed by atoms with van der Waals surface area (Å²) in [4.78, 5) is 28.4. The molecule has 0 spiro atoms. The van der Waals surface area contributed by atoms with Crippen molar-refractivity contribution >= 4 is 26.3 Å². The lowest BCUT2D eigenvalue weighted by molar-refractivity contribution is -0.121. The maximum absolute atomic E-state index is 12.7. The third-order valence-electron chi connectivity index (χ3n) is 5.49. The summed E-state index contributed by atoms with van der Waals surface area (Å²) in [5.74, 6) is -0.420. The van der Waals surface area contributed by atoms with Crippen LogP contribution in [0.4, 0.5) is 5.69 Å². The van der Waals surface area contributed by atoms with Gasteiger partial charge in [0.25, 0.3) is 5.91 Å². The first-order valence-corrected chi connectivity index (χ1v) is 12.0. The monoisotopic (exact) mass is 421 g/mol. The molecular formula is C19H27N3O6Si. The van der Waals surface area contributed by atoms with E-state index < -0.39 is 14.8 Å². The molecule has 0 aromatic heterocycles. The van der Waals surface area contributed by atoms with Gasteiger partial charge in [0.05, 0.1) is 38.0 Å². The van der Waals surface area contributed by atoms with Gasteiger partial charge in [-0.05, 0) is 37.2 Å². The Bertz CT molecular complexity index is 719. The third kappa shape index (κ3) is 4.68. The molecule has 5 rings (SSSR count). The number of fused-ring (bicyclic) bond motifs is 6. The van der Waals surface area contributed by atoms with E-state index in [1.165, 1.54) is 17.0 Å². The summed E-state index contributed by atoms with van der Waals surface area (Å²) >= 11 is 0. The normalized spacial score (nSPS) is 30.3. The van der Waals surface area contributed by atoms with Crippen LogP contribution >= 0.6 is 0 Å². The smallest absolute Gasteiger partial charge is 0.501 e. The Morgan fingerprint density at radius 1 is 1.03 bits per heavy atom. The van der Waals surface area contributed by atoms with E-state index in [4.69, 9.17) is 13.3 Å². The van der Waals surface area contributed by atoms with Crippen LogP contribution in [0.3, 0.4) is 0 Å². The number of phenolic OH excluding ortho intramolecular Hbond substituents is 1. The summed E-state index contributed by atoms with van der Waals surface area (Å²) in [5, 5.41) is 12.6. The van der Waals surface area contributed by atoms with Crippen molar-refractivity contribution in [3.05, 3.63) is 24.3 Å². The number of hydrogen-bond donors (Lipinski definition) is 2. The second kappa shape index (κ2) is 8.90. The molecule has 158 valence electrons. The number of carbonyl (C=O) groups excluding carboxylic acids is 2. The maximum Gasteiger partial charge on any atom is 0.501 e. The van der Waals surface area contributed by atoms with Gasteiger partial charge in [-0.3, -0.25) is 14.5 Å². The Hall–Kier alpha value is -1.82. The summed E-state index contributed by atoms with van der Waals surface area (Å²) in [7, 11) is -2.66. The summed E-state index contributed by atoms with van der Waals surface area (Å²) in [6.45, 7) is 5.16. The summed E-state index contributed by atoms with van der Waals surface area (Å²) in [6, 6.07) is 6.20. The van der Waals surface area contributed by atoms with E-state index in [9.17, 15) is 14.7 Å². The fourth-order valence-electron chi connectivity index (χ4n) is 3.91.